The minimum Gasteiger partial charge on any atom is -0.477 e. The van der Waals surface area contributed by atoms with Crippen molar-refractivity contribution in [3.63, 3.8) is 0 Å². The molecule has 9 heteroatoms. The zero-order chi connectivity index (χ0) is 19.9. The van der Waals surface area contributed by atoms with Crippen LogP contribution in [0.1, 0.15) is 26.7 Å². The molecule has 0 aliphatic carbocycles. The fraction of sp³-hybridized carbons (Fsp3) is 0.778. The second-order valence-electron chi connectivity index (χ2n) is 7.64. The van der Waals surface area contributed by atoms with E-state index in [1.54, 1.807) is 18.7 Å². The van der Waals surface area contributed by atoms with Gasteiger partial charge in [-0.2, -0.15) is 0 Å². The van der Waals surface area contributed by atoms with E-state index < -0.39 is 30.1 Å². The average molecular weight is 400 g/mol. The number of carbonyl (C=O) groups excluding carboxylic acids is 1. The predicted octanol–water partition coefficient (Wildman–Crippen LogP) is -0.426. The van der Waals surface area contributed by atoms with E-state index >= 15 is 0 Å². The second kappa shape index (κ2) is 8.08. The van der Waals surface area contributed by atoms with Crippen molar-refractivity contribution in [1.29, 1.82) is 0 Å². The van der Waals surface area contributed by atoms with Crippen LogP contribution in [0.5, 0.6) is 0 Å². The van der Waals surface area contributed by atoms with Crippen molar-refractivity contribution in [2.75, 3.05) is 20.1 Å². The maximum Gasteiger partial charge on any atom is 0.352 e. The third-order valence-corrected chi connectivity index (χ3v) is 7.46. The molecule has 27 heavy (non-hydrogen) atoms. The van der Waals surface area contributed by atoms with Gasteiger partial charge in [-0.1, -0.05) is 6.92 Å². The molecule has 0 spiro atoms. The molecule has 4 unspecified atom stereocenters. The van der Waals surface area contributed by atoms with Gasteiger partial charge in [0, 0.05) is 24.1 Å². The van der Waals surface area contributed by atoms with Crippen LogP contribution in [-0.4, -0.2) is 81.1 Å². The molecule has 2 saturated heterocycles. The molecule has 8 nitrogen and oxygen atoms in total. The van der Waals surface area contributed by atoms with Crippen LogP contribution in [0.2, 0.25) is 0 Å². The summed E-state index contributed by atoms with van der Waals surface area (Å²) in [5, 5.41) is 37.4. The van der Waals surface area contributed by atoms with Crippen molar-refractivity contribution in [3.8, 4) is 0 Å². The Hall–Kier alpha value is -1.13. The SMILES string of the molecule is CNC(CC(O)C1=C(C(=O)O)N2C(=O)[C@H](C(C)O)[C@@H]2[C@@H]1C)SC1CCNC1. The summed E-state index contributed by atoms with van der Waals surface area (Å²) in [5.74, 6) is -2.50. The molecule has 3 aliphatic rings. The number of β-lactam (4-membered cyclic amide) rings is 1. The average Bonchev–Trinajstić information content (AvgIpc) is 3.18. The monoisotopic (exact) mass is 399 g/mol. The summed E-state index contributed by atoms with van der Waals surface area (Å²) < 4.78 is 0. The lowest BCUT2D eigenvalue weighted by atomic mass is 9.77. The minimum atomic E-state index is -1.20. The Balaban J connectivity index is 1.78. The van der Waals surface area contributed by atoms with E-state index in [0.717, 1.165) is 19.5 Å². The van der Waals surface area contributed by atoms with E-state index in [0.29, 0.717) is 17.2 Å². The standard InChI is InChI=1S/C18H29N3O5S/c1-8-13(11(23)6-12(19-3)27-10-4-5-20-7-10)16(18(25)26)21-15(8)14(9(2)22)17(21)24/h8-12,14-15,19-20,22-23H,4-7H2,1-3H3,(H,25,26)/t8-,9?,10?,11?,12?,14-,15+/m1/s1. The zero-order valence-corrected chi connectivity index (χ0v) is 16.7. The molecule has 3 aliphatic heterocycles. The first-order valence-electron chi connectivity index (χ1n) is 9.47. The number of aliphatic hydroxyl groups is 2. The zero-order valence-electron chi connectivity index (χ0n) is 15.9. The van der Waals surface area contributed by atoms with Crippen LogP contribution in [0.3, 0.4) is 0 Å². The Morgan fingerprint density at radius 1 is 1.44 bits per heavy atom. The summed E-state index contributed by atoms with van der Waals surface area (Å²) in [6.45, 7) is 5.29. The number of carbonyl (C=O) groups is 2. The van der Waals surface area contributed by atoms with Gasteiger partial charge in [0.25, 0.3) is 0 Å². The number of fused-ring (bicyclic) bond motifs is 1. The highest BCUT2D eigenvalue weighted by Gasteiger charge is 2.60. The van der Waals surface area contributed by atoms with E-state index in [1.165, 1.54) is 4.90 Å². The van der Waals surface area contributed by atoms with Gasteiger partial charge in [0.05, 0.1) is 29.5 Å². The van der Waals surface area contributed by atoms with Crippen molar-refractivity contribution >= 4 is 23.6 Å². The Morgan fingerprint density at radius 3 is 2.67 bits per heavy atom. The molecule has 0 aromatic carbocycles. The minimum absolute atomic E-state index is 0.0174. The third-order valence-electron chi connectivity index (χ3n) is 5.92. The summed E-state index contributed by atoms with van der Waals surface area (Å²) >= 11 is 1.75. The number of aliphatic hydroxyl groups excluding tert-OH is 2. The van der Waals surface area contributed by atoms with Crippen LogP contribution >= 0.6 is 11.8 Å². The number of carboxylic acid groups (broad SMARTS) is 1. The lowest BCUT2D eigenvalue weighted by molar-refractivity contribution is -0.163. The van der Waals surface area contributed by atoms with Gasteiger partial charge in [0.1, 0.15) is 5.70 Å². The Labute approximate surface area is 163 Å². The maximum absolute atomic E-state index is 12.4. The fourth-order valence-corrected chi connectivity index (χ4v) is 5.95. The number of hydrogen-bond donors (Lipinski definition) is 5. The van der Waals surface area contributed by atoms with Crippen LogP contribution in [0.25, 0.3) is 0 Å². The lowest BCUT2D eigenvalue weighted by Crippen LogP contribution is -2.63. The van der Waals surface area contributed by atoms with Gasteiger partial charge in [0.2, 0.25) is 5.91 Å². The van der Waals surface area contributed by atoms with Crippen molar-refractivity contribution in [2.24, 2.45) is 11.8 Å². The van der Waals surface area contributed by atoms with Crippen LogP contribution < -0.4 is 10.6 Å². The van der Waals surface area contributed by atoms with E-state index in [1.807, 2.05) is 14.0 Å². The lowest BCUT2D eigenvalue weighted by Gasteiger charge is -2.46. The van der Waals surface area contributed by atoms with Gasteiger partial charge in [-0.05, 0) is 32.5 Å². The number of carboxylic acids is 1. The molecule has 2 fully saturated rings. The quantitative estimate of drug-likeness (QED) is 0.275. The number of hydrogen-bond acceptors (Lipinski definition) is 7. The topological polar surface area (TPSA) is 122 Å². The number of nitrogens with one attached hydrogen (secondary N) is 2. The highest BCUT2D eigenvalue weighted by atomic mass is 32.2. The number of aliphatic carboxylic acids is 1. The van der Waals surface area contributed by atoms with Crippen LogP contribution in [0, 0.1) is 11.8 Å². The number of amides is 1. The number of rotatable bonds is 8. The maximum atomic E-state index is 12.4. The molecule has 0 aromatic rings. The van der Waals surface area contributed by atoms with Gasteiger partial charge >= 0.3 is 5.97 Å². The van der Waals surface area contributed by atoms with Crippen molar-refractivity contribution in [2.45, 2.75) is 55.6 Å². The molecule has 0 bridgehead atoms. The van der Waals surface area contributed by atoms with Crippen LogP contribution in [-0.2, 0) is 9.59 Å². The van der Waals surface area contributed by atoms with Gasteiger partial charge in [0.15, 0.2) is 0 Å². The first-order valence-corrected chi connectivity index (χ1v) is 10.4. The molecule has 7 atom stereocenters. The summed E-state index contributed by atoms with van der Waals surface area (Å²) in [5.41, 5.74) is 0.290. The fourth-order valence-electron chi connectivity index (χ4n) is 4.59. The van der Waals surface area contributed by atoms with Gasteiger partial charge in [-0.25, -0.2) is 4.79 Å². The molecule has 1 amide bonds. The molecule has 0 aromatic heterocycles. The first kappa shape index (κ1) is 20.6. The summed E-state index contributed by atoms with van der Waals surface area (Å²) in [6.07, 6.45) is -0.372. The molecule has 3 heterocycles. The molecular formula is C18H29N3O5S. The molecule has 0 saturated carbocycles. The van der Waals surface area contributed by atoms with Crippen molar-refractivity contribution in [3.05, 3.63) is 11.3 Å². The molecular weight excluding hydrogens is 370 g/mol. The number of nitrogens with zero attached hydrogens (tertiary/aromatic N) is 1. The normalized spacial score (nSPS) is 33.7. The molecule has 152 valence electrons. The van der Waals surface area contributed by atoms with E-state index in [2.05, 4.69) is 10.6 Å². The molecule has 3 rings (SSSR count). The summed E-state index contributed by atoms with van der Waals surface area (Å²) in [6, 6.07) is -0.395. The van der Waals surface area contributed by atoms with Crippen LogP contribution in [0.15, 0.2) is 11.3 Å². The Bertz CT molecular complexity index is 634. The first-order chi connectivity index (χ1) is 12.8. The third kappa shape index (κ3) is 3.63. The highest BCUT2D eigenvalue weighted by molar-refractivity contribution is 8.00. The summed E-state index contributed by atoms with van der Waals surface area (Å²) in [4.78, 5) is 25.5. The predicted molar refractivity (Wildman–Crippen MR) is 102 cm³/mol. The molecule has 0 radical (unpaired) electrons. The van der Waals surface area contributed by atoms with Crippen LogP contribution in [0.4, 0.5) is 0 Å². The van der Waals surface area contributed by atoms with Crippen molar-refractivity contribution < 1.29 is 24.9 Å². The molecule has 5 N–H and O–H groups in total. The Kier molecular flexibility index (Phi) is 6.17. The van der Waals surface area contributed by atoms with E-state index in [-0.39, 0.29) is 22.9 Å². The van der Waals surface area contributed by atoms with Gasteiger partial charge in [-0.3, -0.25) is 4.79 Å². The number of thioether (sulfide) groups is 1. The van der Waals surface area contributed by atoms with E-state index in [4.69, 9.17) is 0 Å². The van der Waals surface area contributed by atoms with Crippen molar-refractivity contribution in [1.82, 2.24) is 15.5 Å². The second-order valence-corrected chi connectivity index (χ2v) is 9.15. The summed E-state index contributed by atoms with van der Waals surface area (Å²) in [7, 11) is 1.83. The smallest absolute Gasteiger partial charge is 0.352 e. The largest absolute Gasteiger partial charge is 0.477 e. The van der Waals surface area contributed by atoms with E-state index in [9.17, 15) is 24.9 Å². The Morgan fingerprint density at radius 2 is 2.15 bits per heavy atom. The van der Waals surface area contributed by atoms with Gasteiger partial charge in [-0.15, -0.1) is 11.8 Å². The van der Waals surface area contributed by atoms with Gasteiger partial charge < -0.3 is 30.9 Å². The highest BCUT2D eigenvalue weighted by Crippen LogP contribution is 2.48.